The van der Waals surface area contributed by atoms with Gasteiger partial charge in [-0.3, -0.25) is 0 Å². The van der Waals surface area contributed by atoms with Crippen molar-refractivity contribution in [3.05, 3.63) is 84.4 Å². The zero-order valence-corrected chi connectivity index (χ0v) is 13.1. The van der Waals surface area contributed by atoms with Gasteiger partial charge in [0.25, 0.3) is 0 Å². The Bertz CT molecular complexity index is 653. The molecule has 0 bridgehead atoms. The molecule has 22 heavy (non-hydrogen) atoms. The first-order valence-corrected chi connectivity index (χ1v) is 7.39. The molecule has 3 N–H and O–H groups in total. The van der Waals surface area contributed by atoms with E-state index in [0.717, 1.165) is 0 Å². The summed E-state index contributed by atoms with van der Waals surface area (Å²) in [6.07, 6.45) is 0. The van der Waals surface area contributed by atoms with Crippen molar-refractivity contribution in [1.29, 1.82) is 0 Å². The van der Waals surface area contributed by atoms with Gasteiger partial charge in [0.15, 0.2) is 0 Å². The second kappa shape index (κ2) is 8.01. The number of nitrogens with one attached hydrogen (secondary N) is 1. The van der Waals surface area contributed by atoms with Crippen LogP contribution in [0.2, 0.25) is 0 Å². The van der Waals surface area contributed by atoms with Crippen molar-refractivity contribution >= 4 is 11.4 Å². The molecule has 0 fully saturated rings. The zero-order chi connectivity index (χ0) is 15.8. The highest BCUT2D eigenvalue weighted by molar-refractivity contribution is 5.90. The molecule has 1 aliphatic rings. The lowest BCUT2D eigenvalue weighted by molar-refractivity contribution is 1.48. The molecule has 4 rings (SSSR count). The topological polar surface area (TPSA) is 48.0 Å². The van der Waals surface area contributed by atoms with Gasteiger partial charge in [-0.2, -0.15) is 0 Å². The second-order valence-electron chi connectivity index (χ2n) is 4.91. The summed E-state index contributed by atoms with van der Waals surface area (Å²) in [4.78, 5) is 0. The lowest BCUT2D eigenvalue weighted by atomic mass is 10.1. The first-order chi connectivity index (χ1) is 10.8. The number of anilines is 2. The molecule has 0 saturated carbocycles. The molecule has 0 radical (unpaired) electrons. The number of aryl methyl sites for hydroxylation is 1. The fraction of sp³-hybridized carbons (Fsp3) is 0.100. The fourth-order valence-electron chi connectivity index (χ4n) is 2.11. The Morgan fingerprint density at radius 3 is 1.55 bits per heavy atom. The zero-order valence-electron chi connectivity index (χ0n) is 13.1. The van der Waals surface area contributed by atoms with Gasteiger partial charge in [0.05, 0.1) is 11.4 Å². The summed E-state index contributed by atoms with van der Waals surface area (Å²) in [5.74, 6) is 0. The van der Waals surface area contributed by atoms with Crippen molar-refractivity contribution in [2.24, 2.45) is 5.73 Å². The fourth-order valence-corrected chi connectivity index (χ4v) is 2.11. The Labute approximate surface area is 132 Å². The average Bonchev–Trinajstić information content (AvgIpc) is 3.37. The highest BCUT2D eigenvalue weighted by Gasteiger charge is 2.12. The van der Waals surface area contributed by atoms with E-state index in [4.69, 9.17) is 0 Å². The van der Waals surface area contributed by atoms with Crippen LogP contribution in [0.15, 0.2) is 78.9 Å². The first kappa shape index (κ1) is 15.8. The van der Waals surface area contributed by atoms with Crippen LogP contribution in [0.4, 0.5) is 11.4 Å². The maximum absolute atomic E-state index is 4.50. The van der Waals surface area contributed by atoms with Crippen LogP contribution in [0.1, 0.15) is 5.56 Å². The Kier molecular flexibility index (Phi) is 5.75. The molecule has 0 unspecified atom stereocenters. The van der Waals surface area contributed by atoms with Crippen LogP contribution >= 0.6 is 0 Å². The van der Waals surface area contributed by atoms with Gasteiger partial charge >= 0.3 is 0 Å². The molecule has 3 aromatic carbocycles. The van der Waals surface area contributed by atoms with E-state index in [2.05, 4.69) is 84.7 Å². The van der Waals surface area contributed by atoms with Crippen LogP contribution in [0.5, 0.6) is 0 Å². The molecule has 3 aromatic rings. The smallest absolute Gasteiger partial charge is 0.0626 e. The van der Waals surface area contributed by atoms with E-state index in [1.54, 1.807) is 0 Å². The second-order valence-corrected chi connectivity index (χ2v) is 4.91. The predicted molar refractivity (Wildman–Crippen MR) is 96.5 cm³/mol. The van der Waals surface area contributed by atoms with Gasteiger partial charge in [0, 0.05) is 0 Å². The number of fused-ring (bicyclic) bond motifs is 1. The molecule has 0 amide bonds. The molecule has 1 aliphatic heterocycles. The third-order valence-corrected chi connectivity index (χ3v) is 3.26. The lowest BCUT2D eigenvalue weighted by Gasteiger charge is -1.98. The summed E-state index contributed by atoms with van der Waals surface area (Å²) < 4.78 is 0. The van der Waals surface area contributed by atoms with E-state index in [9.17, 15) is 0 Å². The van der Waals surface area contributed by atoms with Crippen molar-refractivity contribution in [3.8, 4) is 11.1 Å². The van der Waals surface area contributed by atoms with Gasteiger partial charge in [0.2, 0.25) is 0 Å². The van der Waals surface area contributed by atoms with Gasteiger partial charge in [-0.15, -0.1) is 0 Å². The molecular weight excluding hydrogens is 268 g/mol. The summed E-state index contributed by atoms with van der Waals surface area (Å²) >= 11 is 0. The van der Waals surface area contributed by atoms with Crippen LogP contribution in [0.3, 0.4) is 0 Å². The molecular formula is C20H22N2. The minimum Gasteiger partial charge on any atom is -0.352 e. The average molecular weight is 290 g/mol. The highest BCUT2D eigenvalue weighted by Crippen LogP contribution is 2.38. The van der Waals surface area contributed by atoms with Gasteiger partial charge in [-0.1, -0.05) is 66.7 Å². The van der Waals surface area contributed by atoms with Crippen molar-refractivity contribution in [1.82, 2.24) is 0 Å². The maximum Gasteiger partial charge on any atom is 0.0626 e. The van der Waals surface area contributed by atoms with Crippen molar-refractivity contribution in [3.63, 3.8) is 0 Å². The Morgan fingerprint density at radius 1 is 0.636 bits per heavy atom. The van der Waals surface area contributed by atoms with Crippen LogP contribution in [-0.2, 0) is 0 Å². The summed E-state index contributed by atoms with van der Waals surface area (Å²) in [5, 5.41) is 3.13. The summed E-state index contributed by atoms with van der Waals surface area (Å²) in [6, 6.07) is 27.1. The molecule has 0 spiro atoms. The largest absolute Gasteiger partial charge is 0.352 e. The summed E-state index contributed by atoms with van der Waals surface area (Å²) in [6.45, 7) is 2.10. The molecule has 112 valence electrons. The molecule has 0 saturated heterocycles. The van der Waals surface area contributed by atoms with E-state index < -0.39 is 0 Å². The summed E-state index contributed by atoms with van der Waals surface area (Å²) in [5.41, 5.74) is 11.0. The van der Waals surface area contributed by atoms with Gasteiger partial charge in [-0.25, -0.2) is 0 Å². The monoisotopic (exact) mass is 290 g/mol. The minimum atomic E-state index is 1.28. The quantitative estimate of drug-likeness (QED) is 0.486. The van der Waals surface area contributed by atoms with Gasteiger partial charge < -0.3 is 11.1 Å². The minimum absolute atomic E-state index is 1.28. The molecule has 1 heterocycles. The summed E-state index contributed by atoms with van der Waals surface area (Å²) in [7, 11) is 1.50. The van der Waals surface area contributed by atoms with Crippen molar-refractivity contribution in [2.45, 2.75) is 6.92 Å². The van der Waals surface area contributed by atoms with Crippen LogP contribution in [0, 0.1) is 6.92 Å². The third-order valence-electron chi connectivity index (χ3n) is 3.26. The third kappa shape index (κ3) is 4.47. The molecule has 2 heteroatoms. The van der Waals surface area contributed by atoms with E-state index in [1.165, 1.54) is 35.1 Å². The van der Waals surface area contributed by atoms with E-state index in [0.29, 0.717) is 0 Å². The number of rotatable bonds is 1. The molecule has 0 atom stereocenters. The maximum atomic E-state index is 4.50. The predicted octanol–water partition coefficient (Wildman–Crippen LogP) is 4.98. The molecule has 2 nitrogen and oxygen atoms in total. The van der Waals surface area contributed by atoms with Gasteiger partial charge in [-0.05, 0) is 42.8 Å². The number of nitrogens with two attached hydrogens (primary N) is 1. The van der Waals surface area contributed by atoms with Crippen molar-refractivity contribution in [2.75, 3.05) is 12.4 Å². The normalized spacial score (nSPS) is 9.95. The Hall–Kier alpha value is -2.58. The lowest BCUT2D eigenvalue weighted by Crippen LogP contribution is -1.73. The first-order valence-electron chi connectivity index (χ1n) is 7.39. The number of benzene rings is 3. The van der Waals surface area contributed by atoms with E-state index in [-0.39, 0.29) is 0 Å². The van der Waals surface area contributed by atoms with Crippen LogP contribution < -0.4 is 11.1 Å². The molecule has 0 aliphatic carbocycles. The van der Waals surface area contributed by atoms with Crippen LogP contribution in [0.25, 0.3) is 11.1 Å². The Morgan fingerprint density at radius 2 is 1.14 bits per heavy atom. The van der Waals surface area contributed by atoms with Crippen molar-refractivity contribution < 1.29 is 0 Å². The molecule has 0 aromatic heterocycles. The van der Waals surface area contributed by atoms with E-state index >= 15 is 0 Å². The number of hydrogen-bond acceptors (Lipinski definition) is 2. The SMILES string of the molecule is CN.Cc1ccc2c(c1)N2.c1ccc(-c2ccccc2)cc1. The Balaban J connectivity index is 0.000000153. The standard InChI is InChI=1S/C12H10.C7H7N.CH5N/c1-3-7-11(8-4-1)12-9-5-2-6-10-12;1-5-2-3-6-7(4-5)8-6;1-2/h1-10H;2-4,8H,1H3;2H2,1H3. The number of hydrogen-bond donors (Lipinski definition) is 2. The highest BCUT2D eigenvalue weighted by atomic mass is 15.0. The van der Waals surface area contributed by atoms with E-state index in [1.807, 2.05) is 12.1 Å². The van der Waals surface area contributed by atoms with Crippen LogP contribution in [-0.4, -0.2) is 7.05 Å². The van der Waals surface area contributed by atoms with Gasteiger partial charge in [0.1, 0.15) is 0 Å².